The highest BCUT2D eigenvalue weighted by Crippen LogP contribution is 2.16. The third-order valence-corrected chi connectivity index (χ3v) is 1.85. The molecule has 0 atom stereocenters. The maximum absolute atomic E-state index is 5.54. The highest BCUT2D eigenvalue weighted by atomic mass is 16.5. The zero-order chi connectivity index (χ0) is 9.10. The minimum absolute atomic E-state index is 0.743. The van der Waals surface area contributed by atoms with E-state index in [-0.39, 0.29) is 0 Å². The molecule has 2 aromatic rings. The van der Waals surface area contributed by atoms with Gasteiger partial charge in [0, 0.05) is 18.6 Å². The van der Waals surface area contributed by atoms with Gasteiger partial charge in [0.15, 0.2) is 11.4 Å². The van der Waals surface area contributed by atoms with Crippen molar-refractivity contribution in [2.45, 2.75) is 13.3 Å². The van der Waals surface area contributed by atoms with Crippen LogP contribution < -0.4 is 4.74 Å². The minimum Gasteiger partial charge on any atom is -0.490 e. The molecular formula is C10H12N2O. The van der Waals surface area contributed by atoms with Gasteiger partial charge in [-0.2, -0.15) is 0 Å². The molecule has 0 aliphatic carbocycles. The Morgan fingerprint density at radius 3 is 3.23 bits per heavy atom. The van der Waals surface area contributed by atoms with Crippen molar-refractivity contribution in [2.24, 2.45) is 0 Å². The Morgan fingerprint density at radius 1 is 1.46 bits per heavy atom. The molecule has 2 heterocycles. The lowest BCUT2D eigenvalue weighted by molar-refractivity contribution is 0.319. The van der Waals surface area contributed by atoms with E-state index in [1.165, 1.54) is 0 Å². The SMILES string of the molecule is CCCOc1cccn2ccnc12. The molecular weight excluding hydrogens is 164 g/mol. The number of nitrogens with zero attached hydrogens (tertiary/aromatic N) is 2. The van der Waals surface area contributed by atoms with Crippen LogP contribution in [0.4, 0.5) is 0 Å². The second kappa shape index (κ2) is 3.47. The van der Waals surface area contributed by atoms with Crippen LogP contribution in [-0.2, 0) is 0 Å². The zero-order valence-electron chi connectivity index (χ0n) is 7.60. The molecule has 0 amide bonds. The Hall–Kier alpha value is -1.51. The average Bonchev–Trinajstić information content (AvgIpc) is 2.62. The molecule has 0 radical (unpaired) electrons. The molecule has 0 spiro atoms. The van der Waals surface area contributed by atoms with E-state index in [0.29, 0.717) is 0 Å². The van der Waals surface area contributed by atoms with Gasteiger partial charge in [-0.1, -0.05) is 6.92 Å². The average molecular weight is 176 g/mol. The first-order valence-electron chi connectivity index (χ1n) is 4.46. The van der Waals surface area contributed by atoms with E-state index in [4.69, 9.17) is 4.74 Å². The number of hydrogen-bond donors (Lipinski definition) is 0. The number of ether oxygens (including phenoxy) is 1. The normalized spacial score (nSPS) is 10.5. The number of aromatic nitrogens is 2. The van der Waals surface area contributed by atoms with Crippen molar-refractivity contribution in [1.82, 2.24) is 9.38 Å². The first kappa shape index (κ1) is 8.10. The summed E-state index contributed by atoms with van der Waals surface area (Å²) in [6, 6.07) is 3.90. The van der Waals surface area contributed by atoms with Crippen LogP contribution in [0.3, 0.4) is 0 Å². The van der Waals surface area contributed by atoms with Crippen LogP contribution in [0.25, 0.3) is 5.65 Å². The molecule has 0 aliphatic heterocycles. The fraction of sp³-hybridized carbons (Fsp3) is 0.300. The van der Waals surface area contributed by atoms with E-state index in [2.05, 4.69) is 11.9 Å². The third-order valence-electron chi connectivity index (χ3n) is 1.85. The maximum Gasteiger partial charge on any atom is 0.179 e. The Labute approximate surface area is 77.0 Å². The number of hydrogen-bond acceptors (Lipinski definition) is 2. The largest absolute Gasteiger partial charge is 0.490 e. The molecule has 0 unspecified atom stereocenters. The molecule has 13 heavy (non-hydrogen) atoms. The Balaban J connectivity index is 2.37. The van der Waals surface area contributed by atoms with E-state index in [0.717, 1.165) is 24.4 Å². The second-order valence-electron chi connectivity index (χ2n) is 2.88. The maximum atomic E-state index is 5.54. The molecule has 2 rings (SSSR count). The summed E-state index contributed by atoms with van der Waals surface area (Å²) in [6.07, 6.45) is 6.66. The summed E-state index contributed by atoms with van der Waals surface area (Å²) in [4.78, 5) is 4.21. The first-order chi connectivity index (χ1) is 6.42. The summed E-state index contributed by atoms with van der Waals surface area (Å²) in [5.41, 5.74) is 0.885. The van der Waals surface area contributed by atoms with E-state index in [1.54, 1.807) is 6.20 Å². The fourth-order valence-corrected chi connectivity index (χ4v) is 1.25. The van der Waals surface area contributed by atoms with Gasteiger partial charge in [0.05, 0.1) is 6.61 Å². The van der Waals surface area contributed by atoms with Gasteiger partial charge in [-0.25, -0.2) is 4.98 Å². The van der Waals surface area contributed by atoms with Crippen LogP contribution in [-0.4, -0.2) is 16.0 Å². The standard InChI is InChI=1S/C10H12N2O/c1-2-8-13-9-4-3-6-12-7-5-11-10(9)12/h3-7H,2,8H2,1H3. The van der Waals surface area contributed by atoms with Crippen molar-refractivity contribution in [3.8, 4) is 5.75 Å². The van der Waals surface area contributed by atoms with Crippen molar-refractivity contribution >= 4 is 5.65 Å². The van der Waals surface area contributed by atoms with Gasteiger partial charge in [-0.3, -0.25) is 0 Å². The number of pyridine rings is 1. The number of rotatable bonds is 3. The quantitative estimate of drug-likeness (QED) is 0.716. The van der Waals surface area contributed by atoms with Crippen LogP contribution in [0.15, 0.2) is 30.7 Å². The fourth-order valence-electron chi connectivity index (χ4n) is 1.25. The smallest absolute Gasteiger partial charge is 0.179 e. The Bertz CT molecular complexity index is 394. The molecule has 3 heteroatoms. The molecule has 2 aromatic heterocycles. The summed E-state index contributed by atoms with van der Waals surface area (Å²) in [6.45, 7) is 2.83. The zero-order valence-corrected chi connectivity index (χ0v) is 7.60. The van der Waals surface area contributed by atoms with Crippen molar-refractivity contribution in [3.63, 3.8) is 0 Å². The van der Waals surface area contributed by atoms with Gasteiger partial charge in [0.2, 0.25) is 0 Å². The van der Waals surface area contributed by atoms with Crippen molar-refractivity contribution in [3.05, 3.63) is 30.7 Å². The van der Waals surface area contributed by atoms with Gasteiger partial charge in [-0.05, 0) is 18.6 Å². The van der Waals surface area contributed by atoms with Crippen LogP contribution in [0.1, 0.15) is 13.3 Å². The van der Waals surface area contributed by atoms with E-state index < -0.39 is 0 Å². The van der Waals surface area contributed by atoms with Gasteiger partial charge in [-0.15, -0.1) is 0 Å². The van der Waals surface area contributed by atoms with E-state index >= 15 is 0 Å². The van der Waals surface area contributed by atoms with Crippen molar-refractivity contribution in [2.75, 3.05) is 6.61 Å². The topological polar surface area (TPSA) is 26.5 Å². The van der Waals surface area contributed by atoms with Gasteiger partial charge < -0.3 is 9.14 Å². The summed E-state index contributed by atoms with van der Waals surface area (Å²) in [5.74, 6) is 0.856. The lowest BCUT2D eigenvalue weighted by atomic mass is 10.4. The highest BCUT2D eigenvalue weighted by molar-refractivity contribution is 5.53. The first-order valence-corrected chi connectivity index (χ1v) is 4.46. The summed E-state index contributed by atoms with van der Waals surface area (Å²) in [5, 5.41) is 0. The lowest BCUT2D eigenvalue weighted by Gasteiger charge is -2.04. The molecule has 68 valence electrons. The molecule has 0 bridgehead atoms. The van der Waals surface area contributed by atoms with Gasteiger partial charge >= 0.3 is 0 Å². The van der Waals surface area contributed by atoms with Gasteiger partial charge in [0.1, 0.15) is 0 Å². The molecule has 0 aliphatic rings. The number of imidazole rings is 1. The molecule has 0 saturated heterocycles. The van der Waals surface area contributed by atoms with E-state index in [1.807, 2.05) is 28.9 Å². The van der Waals surface area contributed by atoms with Crippen molar-refractivity contribution in [1.29, 1.82) is 0 Å². The predicted octanol–water partition coefficient (Wildman–Crippen LogP) is 2.12. The third kappa shape index (κ3) is 1.49. The molecule has 0 saturated carbocycles. The molecule has 0 fully saturated rings. The monoisotopic (exact) mass is 176 g/mol. The highest BCUT2D eigenvalue weighted by Gasteiger charge is 2.01. The second-order valence-corrected chi connectivity index (χ2v) is 2.88. The molecule has 0 aromatic carbocycles. The molecule has 3 nitrogen and oxygen atoms in total. The van der Waals surface area contributed by atoms with Gasteiger partial charge in [0.25, 0.3) is 0 Å². The summed E-state index contributed by atoms with van der Waals surface area (Å²) in [7, 11) is 0. The molecule has 0 N–H and O–H groups in total. The van der Waals surface area contributed by atoms with Crippen LogP contribution >= 0.6 is 0 Å². The number of fused-ring (bicyclic) bond motifs is 1. The summed E-state index contributed by atoms with van der Waals surface area (Å²) < 4.78 is 7.49. The lowest BCUT2D eigenvalue weighted by Crippen LogP contribution is -1.97. The minimum atomic E-state index is 0.743. The predicted molar refractivity (Wildman–Crippen MR) is 51.0 cm³/mol. The van der Waals surface area contributed by atoms with E-state index in [9.17, 15) is 0 Å². The Kier molecular flexibility index (Phi) is 2.17. The van der Waals surface area contributed by atoms with Crippen LogP contribution in [0, 0.1) is 0 Å². The van der Waals surface area contributed by atoms with Crippen LogP contribution in [0.5, 0.6) is 5.75 Å². The summed E-state index contributed by atoms with van der Waals surface area (Å²) >= 11 is 0. The van der Waals surface area contributed by atoms with Crippen molar-refractivity contribution < 1.29 is 4.74 Å². The van der Waals surface area contributed by atoms with Crippen LogP contribution in [0.2, 0.25) is 0 Å². The Morgan fingerprint density at radius 2 is 2.38 bits per heavy atom.